The quantitative estimate of drug-likeness (QED) is 0.324. The summed E-state index contributed by atoms with van der Waals surface area (Å²) in [5, 5.41) is 9.48. The molecule has 0 fully saturated rings. The summed E-state index contributed by atoms with van der Waals surface area (Å²) in [6.07, 6.45) is 3.16. The first-order valence-corrected chi connectivity index (χ1v) is 2.74. The number of allylic oxidation sites excluding steroid dienone is 1. The van der Waals surface area contributed by atoms with Crippen LogP contribution in [0, 0.1) is 5.41 Å². The number of hydrogen-bond donors (Lipinski definition) is 2. The van der Waals surface area contributed by atoms with Gasteiger partial charge in [0, 0.05) is 24.5 Å². The van der Waals surface area contributed by atoms with Gasteiger partial charge in [0.25, 0.3) is 0 Å². The topological polar surface area (TPSA) is 53.0 Å². The van der Waals surface area contributed by atoms with E-state index in [0.29, 0.717) is 11.9 Å². The molecule has 0 saturated carbocycles. The van der Waals surface area contributed by atoms with Gasteiger partial charge >= 0.3 is 0 Å². The Kier molecular flexibility index (Phi) is 4.40. The lowest BCUT2D eigenvalue weighted by atomic mass is 10.3. The molecule has 0 radical (unpaired) electrons. The monoisotopic (exact) mass is 126 g/mol. The Balaban J connectivity index is 3.75. The molecule has 0 aromatic carbocycles. The second-order valence-corrected chi connectivity index (χ2v) is 1.46. The molecule has 0 spiro atoms. The van der Waals surface area contributed by atoms with E-state index in [1.54, 1.807) is 0 Å². The van der Waals surface area contributed by atoms with E-state index in [1.807, 2.05) is 6.92 Å². The van der Waals surface area contributed by atoms with Crippen LogP contribution >= 0.6 is 0 Å². The first-order valence-electron chi connectivity index (χ1n) is 2.74. The summed E-state index contributed by atoms with van der Waals surface area (Å²) < 4.78 is 0. The fourth-order valence-electron chi connectivity index (χ4n) is 0.330. The highest BCUT2D eigenvalue weighted by Gasteiger charge is 1.83. The third kappa shape index (κ3) is 3.46. The maximum Gasteiger partial charge on any atom is 0.153 e. The molecule has 2 N–H and O–H groups in total. The molecule has 0 saturated heterocycles. The van der Waals surface area contributed by atoms with E-state index in [1.165, 1.54) is 6.20 Å². The maximum absolute atomic E-state index is 9.98. The second-order valence-electron chi connectivity index (χ2n) is 1.46. The molecule has 0 aliphatic carbocycles. The van der Waals surface area contributed by atoms with Crippen molar-refractivity contribution in [1.82, 2.24) is 5.32 Å². The number of rotatable bonds is 4. The van der Waals surface area contributed by atoms with Crippen molar-refractivity contribution < 1.29 is 4.79 Å². The van der Waals surface area contributed by atoms with Crippen LogP contribution in [0.25, 0.3) is 0 Å². The molecule has 0 aromatic heterocycles. The van der Waals surface area contributed by atoms with Crippen molar-refractivity contribution in [2.45, 2.75) is 6.92 Å². The van der Waals surface area contributed by atoms with Crippen LogP contribution in [0.1, 0.15) is 6.92 Å². The van der Waals surface area contributed by atoms with Crippen LogP contribution in [0.5, 0.6) is 0 Å². The summed E-state index contributed by atoms with van der Waals surface area (Å²) in [4.78, 5) is 9.98. The molecule has 0 unspecified atom stereocenters. The summed E-state index contributed by atoms with van der Waals surface area (Å²) in [6, 6.07) is 0. The van der Waals surface area contributed by atoms with E-state index < -0.39 is 0 Å². The minimum atomic E-state index is 0.358. The first-order chi connectivity index (χ1) is 4.35. The van der Waals surface area contributed by atoms with Crippen LogP contribution < -0.4 is 5.32 Å². The highest BCUT2D eigenvalue weighted by molar-refractivity contribution is 6.00. The number of carbonyl (C=O) groups excluding carboxylic acids is 1. The molecule has 0 rings (SSSR count). The van der Waals surface area contributed by atoms with Crippen LogP contribution in [0.15, 0.2) is 11.8 Å². The molecule has 0 heterocycles. The van der Waals surface area contributed by atoms with Crippen LogP contribution in [0.2, 0.25) is 0 Å². The number of hydrogen-bond acceptors (Lipinski definition) is 3. The van der Waals surface area contributed by atoms with Crippen molar-refractivity contribution in [3.05, 3.63) is 11.8 Å². The predicted octanol–water partition coefficient (Wildman–Crippen LogP) is 0.328. The van der Waals surface area contributed by atoms with Crippen molar-refractivity contribution >= 4 is 12.5 Å². The average molecular weight is 126 g/mol. The zero-order chi connectivity index (χ0) is 7.11. The van der Waals surface area contributed by atoms with Crippen LogP contribution in [0.4, 0.5) is 0 Å². The molecular formula is C6H10N2O. The standard InChI is InChI=1S/C6H10N2O/c1-2-8-4-6(3-7)5-9/h3-5,7-8H,2H2,1H3/b6-4+,7-3?. The molecule has 9 heavy (non-hydrogen) atoms. The van der Waals surface area contributed by atoms with E-state index in [4.69, 9.17) is 5.41 Å². The van der Waals surface area contributed by atoms with Crippen LogP contribution in [-0.2, 0) is 4.79 Å². The van der Waals surface area contributed by atoms with Crippen molar-refractivity contribution in [2.75, 3.05) is 6.54 Å². The Labute approximate surface area is 54.3 Å². The van der Waals surface area contributed by atoms with Gasteiger partial charge in [-0.25, -0.2) is 0 Å². The lowest BCUT2D eigenvalue weighted by Gasteiger charge is -1.91. The highest BCUT2D eigenvalue weighted by atomic mass is 16.1. The normalized spacial score (nSPS) is 10.6. The third-order valence-electron chi connectivity index (χ3n) is 0.776. The largest absolute Gasteiger partial charge is 0.391 e. The van der Waals surface area contributed by atoms with Crippen molar-refractivity contribution in [3.63, 3.8) is 0 Å². The van der Waals surface area contributed by atoms with Gasteiger partial charge in [-0.05, 0) is 6.92 Å². The molecule has 0 aliphatic heterocycles. The highest BCUT2D eigenvalue weighted by Crippen LogP contribution is 1.77. The Morgan fingerprint density at radius 1 is 1.78 bits per heavy atom. The molecule has 50 valence electrons. The maximum atomic E-state index is 9.98. The zero-order valence-corrected chi connectivity index (χ0v) is 5.35. The molecule has 0 atom stereocenters. The van der Waals surface area contributed by atoms with Crippen LogP contribution in [-0.4, -0.2) is 19.0 Å². The molecule has 3 nitrogen and oxygen atoms in total. The Hall–Kier alpha value is -1.12. The van der Waals surface area contributed by atoms with Crippen LogP contribution in [0.3, 0.4) is 0 Å². The van der Waals surface area contributed by atoms with Gasteiger partial charge in [-0.3, -0.25) is 4.79 Å². The average Bonchev–Trinajstić information content (AvgIpc) is 1.91. The third-order valence-corrected chi connectivity index (χ3v) is 0.776. The number of carbonyl (C=O) groups is 1. The summed E-state index contributed by atoms with van der Waals surface area (Å²) >= 11 is 0. The van der Waals surface area contributed by atoms with E-state index >= 15 is 0 Å². The van der Waals surface area contributed by atoms with Gasteiger partial charge in [-0.15, -0.1) is 0 Å². The van der Waals surface area contributed by atoms with Gasteiger partial charge in [-0.1, -0.05) is 0 Å². The molecule has 0 aliphatic rings. The number of aldehydes is 1. The lowest BCUT2D eigenvalue weighted by molar-refractivity contribution is -0.104. The second kappa shape index (κ2) is 5.03. The van der Waals surface area contributed by atoms with E-state index in [0.717, 1.165) is 12.8 Å². The fraction of sp³-hybridized carbons (Fsp3) is 0.333. The molecular weight excluding hydrogens is 116 g/mol. The molecule has 0 amide bonds. The Bertz CT molecular complexity index is 119. The van der Waals surface area contributed by atoms with Gasteiger partial charge in [0.2, 0.25) is 0 Å². The first kappa shape index (κ1) is 7.88. The van der Waals surface area contributed by atoms with Crippen molar-refractivity contribution in [2.24, 2.45) is 0 Å². The Morgan fingerprint density at radius 3 is 2.78 bits per heavy atom. The molecule has 0 aromatic rings. The summed E-state index contributed by atoms with van der Waals surface area (Å²) in [7, 11) is 0. The summed E-state index contributed by atoms with van der Waals surface area (Å²) in [5.74, 6) is 0. The predicted molar refractivity (Wildman–Crippen MR) is 36.6 cm³/mol. The summed E-state index contributed by atoms with van der Waals surface area (Å²) in [6.45, 7) is 2.69. The van der Waals surface area contributed by atoms with E-state index in [2.05, 4.69) is 5.32 Å². The van der Waals surface area contributed by atoms with E-state index in [-0.39, 0.29) is 0 Å². The van der Waals surface area contributed by atoms with Crippen molar-refractivity contribution in [3.8, 4) is 0 Å². The minimum Gasteiger partial charge on any atom is -0.391 e. The lowest BCUT2D eigenvalue weighted by Crippen LogP contribution is -2.04. The van der Waals surface area contributed by atoms with Gasteiger partial charge < -0.3 is 10.7 Å². The fourth-order valence-corrected chi connectivity index (χ4v) is 0.330. The van der Waals surface area contributed by atoms with E-state index in [9.17, 15) is 4.79 Å². The zero-order valence-electron chi connectivity index (χ0n) is 5.35. The van der Waals surface area contributed by atoms with Gasteiger partial charge in [0.05, 0.1) is 0 Å². The minimum absolute atomic E-state index is 0.358. The smallest absolute Gasteiger partial charge is 0.153 e. The SMILES string of the molecule is CCN/C=C(\C=N)C=O. The number of nitrogens with one attached hydrogen (secondary N) is 2. The Morgan fingerprint density at radius 2 is 2.44 bits per heavy atom. The van der Waals surface area contributed by atoms with Gasteiger partial charge in [-0.2, -0.15) is 0 Å². The van der Waals surface area contributed by atoms with Gasteiger partial charge in [0.15, 0.2) is 6.29 Å². The van der Waals surface area contributed by atoms with Gasteiger partial charge in [0.1, 0.15) is 0 Å². The summed E-state index contributed by atoms with van der Waals surface area (Å²) in [5.41, 5.74) is 0.358. The molecule has 3 heteroatoms. The van der Waals surface area contributed by atoms with Crippen molar-refractivity contribution in [1.29, 1.82) is 5.41 Å². The molecule has 0 bridgehead atoms.